The zero-order valence-corrected chi connectivity index (χ0v) is 22.8. The highest BCUT2D eigenvalue weighted by molar-refractivity contribution is 7.89. The molecule has 214 valence electrons. The fourth-order valence-electron chi connectivity index (χ4n) is 4.68. The summed E-state index contributed by atoms with van der Waals surface area (Å²) in [6.45, 7) is 5.89. The number of fused-ring (bicyclic) bond motifs is 1. The number of alkyl halides is 3. The minimum Gasteiger partial charge on any atom is -0.352 e. The minimum absolute atomic E-state index is 0.227. The number of rotatable bonds is 6. The Balaban J connectivity index is 1.63. The van der Waals surface area contributed by atoms with Crippen LogP contribution < -0.4 is 26.3 Å². The number of piperidine rings is 1. The monoisotopic (exact) mass is 572 g/mol. The van der Waals surface area contributed by atoms with Crippen LogP contribution in [-0.4, -0.2) is 62.0 Å². The third kappa shape index (κ3) is 7.15. The Bertz CT molecular complexity index is 1500. The van der Waals surface area contributed by atoms with Gasteiger partial charge in [-0.15, -0.1) is 0 Å². The number of sulfonamides is 1. The highest BCUT2D eigenvalue weighted by Crippen LogP contribution is 2.24. The first-order valence-electron chi connectivity index (χ1n) is 12.7. The number of nitrogens with one attached hydrogen (secondary N) is 2. The fraction of sp³-hybridized carbons (Fsp3) is 0.560. The molecule has 3 heterocycles. The van der Waals surface area contributed by atoms with Crippen LogP contribution in [0.3, 0.4) is 0 Å². The van der Waals surface area contributed by atoms with Crippen molar-refractivity contribution in [2.75, 3.05) is 25.9 Å². The van der Waals surface area contributed by atoms with Crippen molar-refractivity contribution in [3.05, 3.63) is 56.4 Å². The van der Waals surface area contributed by atoms with Gasteiger partial charge in [0.25, 0.3) is 5.56 Å². The molecule has 4 rings (SSSR count). The standard InChI is InChI=1S/C25H32F4N6O3S/c1-15(2)35-22-17(14-30-24(32-22)31-18-6-9-34(3)10-7-18)12-19(23(35)36)16-4-5-21(20(26)13-16)33-39(37,38)11-8-25(27,28)29/h4-5,12,15,18,33H,6-11,13-14H2,1-3H3,(H,30,31). The van der Waals surface area contributed by atoms with Crippen molar-refractivity contribution in [2.24, 2.45) is 9.98 Å². The van der Waals surface area contributed by atoms with Crippen LogP contribution in [0.4, 0.5) is 17.6 Å². The van der Waals surface area contributed by atoms with Crippen LogP contribution in [0.5, 0.6) is 0 Å². The fourth-order valence-corrected chi connectivity index (χ4v) is 5.80. The van der Waals surface area contributed by atoms with Gasteiger partial charge in [-0.3, -0.25) is 14.1 Å². The molecule has 0 radical (unpaired) electrons. The molecule has 0 amide bonds. The maximum absolute atomic E-state index is 14.9. The summed E-state index contributed by atoms with van der Waals surface area (Å²) in [5.74, 6) is -1.65. The van der Waals surface area contributed by atoms with Gasteiger partial charge in [0.15, 0.2) is 0 Å². The molecule has 14 heteroatoms. The average Bonchev–Trinajstić information content (AvgIpc) is 2.84. The molecule has 0 unspecified atom stereocenters. The van der Waals surface area contributed by atoms with Gasteiger partial charge in [-0.1, -0.05) is 6.08 Å². The normalized spacial score (nSPS) is 20.6. The highest BCUT2D eigenvalue weighted by atomic mass is 32.2. The van der Waals surface area contributed by atoms with Crippen molar-refractivity contribution >= 4 is 21.6 Å². The quantitative estimate of drug-likeness (QED) is 0.506. The Morgan fingerprint density at radius 2 is 1.87 bits per heavy atom. The van der Waals surface area contributed by atoms with Crippen molar-refractivity contribution in [3.8, 4) is 0 Å². The number of hydrogen-bond acceptors (Lipinski definition) is 7. The Morgan fingerprint density at radius 1 is 1.18 bits per heavy atom. The summed E-state index contributed by atoms with van der Waals surface area (Å²) in [4.78, 5) is 25.0. The third-order valence-electron chi connectivity index (χ3n) is 6.82. The lowest BCUT2D eigenvalue weighted by molar-refractivity contribution is -0.129. The molecule has 39 heavy (non-hydrogen) atoms. The molecule has 2 N–H and O–H groups in total. The van der Waals surface area contributed by atoms with Gasteiger partial charge in [0, 0.05) is 29.3 Å². The zero-order valence-electron chi connectivity index (χ0n) is 22.0. The van der Waals surface area contributed by atoms with Gasteiger partial charge in [0.05, 0.1) is 24.4 Å². The number of aliphatic imine (C=N–C) groups is 1. The molecule has 9 nitrogen and oxygen atoms in total. The van der Waals surface area contributed by atoms with Crippen LogP contribution >= 0.6 is 0 Å². The maximum atomic E-state index is 14.9. The van der Waals surface area contributed by atoms with Crippen molar-refractivity contribution in [1.82, 2.24) is 19.5 Å². The van der Waals surface area contributed by atoms with Gasteiger partial charge in [0.2, 0.25) is 16.0 Å². The molecule has 0 spiro atoms. The number of guanidine groups is 1. The predicted octanol–water partition coefficient (Wildman–Crippen LogP) is 1.77. The van der Waals surface area contributed by atoms with Crippen molar-refractivity contribution in [1.29, 1.82) is 0 Å². The summed E-state index contributed by atoms with van der Waals surface area (Å²) in [6.07, 6.45) is -2.18. The van der Waals surface area contributed by atoms with E-state index in [1.807, 2.05) is 18.6 Å². The number of nitrogens with zero attached hydrogens (tertiary/aromatic N) is 4. The van der Waals surface area contributed by atoms with Gasteiger partial charge in [-0.2, -0.15) is 18.2 Å². The van der Waals surface area contributed by atoms with E-state index in [4.69, 9.17) is 0 Å². The Labute approximate surface area is 223 Å². The van der Waals surface area contributed by atoms with E-state index in [1.54, 1.807) is 6.07 Å². The van der Waals surface area contributed by atoms with E-state index in [0.29, 0.717) is 22.6 Å². The first kappa shape index (κ1) is 29.0. The van der Waals surface area contributed by atoms with Crippen LogP contribution in [0.25, 0.3) is 5.57 Å². The third-order valence-corrected chi connectivity index (χ3v) is 8.09. The summed E-state index contributed by atoms with van der Waals surface area (Å²) in [7, 11) is -2.34. The van der Waals surface area contributed by atoms with E-state index in [9.17, 15) is 30.8 Å². The molecule has 3 aliphatic rings. The number of hydrogen-bond donors (Lipinski definition) is 2. The lowest BCUT2D eigenvalue weighted by atomic mass is 10.0. The smallest absolute Gasteiger partial charge is 0.352 e. The van der Waals surface area contributed by atoms with Gasteiger partial charge in [-0.25, -0.2) is 17.8 Å². The highest BCUT2D eigenvalue weighted by Gasteiger charge is 2.30. The second-order valence-corrected chi connectivity index (χ2v) is 12.1. The molecule has 1 aliphatic carbocycles. The Kier molecular flexibility index (Phi) is 8.36. The SMILES string of the molecule is CC(C)n1c2c(cc(=C3C=CC(NS(=O)(=O)CCC(F)(F)F)=C(F)C3)c1=O)CN=C(NC1CCN(C)CC1)N=2. The minimum atomic E-state index is -4.66. The molecule has 1 saturated heterocycles. The van der Waals surface area contributed by atoms with Crippen molar-refractivity contribution < 1.29 is 26.0 Å². The summed E-state index contributed by atoms with van der Waals surface area (Å²) >= 11 is 0. The molecule has 0 atom stereocenters. The van der Waals surface area contributed by atoms with E-state index in [-0.39, 0.29) is 29.4 Å². The van der Waals surface area contributed by atoms with E-state index < -0.39 is 46.3 Å². The van der Waals surface area contributed by atoms with Crippen LogP contribution in [0.2, 0.25) is 0 Å². The molecular weight excluding hydrogens is 540 g/mol. The molecule has 1 aromatic rings. The maximum Gasteiger partial charge on any atom is 0.390 e. The number of likely N-dealkylation sites (tertiary alicyclic amines) is 1. The molecule has 1 fully saturated rings. The van der Waals surface area contributed by atoms with Gasteiger partial charge in [-0.05, 0) is 64.5 Å². The van der Waals surface area contributed by atoms with Gasteiger partial charge >= 0.3 is 6.18 Å². The summed E-state index contributed by atoms with van der Waals surface area (Å²) in [5, 5.41) is 3.61. The van der Waals surface area contributed by atoms with E-state index in [2.05, 4.69) is 27.2 Å². The second-order valence-electron chi connectivity index (χ2n) is 10.3. The molecule has 1 aromatic heterocycles. The topological polar surface area (TPSA) is 108 Å². The number of aromatic nitrogens is 1. The number of halogens is 4. The zero-order chi connectivity index (χ0) is 28.5. The van der Waals surface area contributed by atoms with Gasteiger partial charge in [0.1, 0.15) is 11.3 Å². The van der Waals surface area contributed by atoms with E-state index >= 15 is 0 Å². The van der Waals surface area contributed by atoms with Crippen molar-refractivity contribution in [3.63, 3.8) is 0 Å². The first-order chi connectivity index (χ1) is 18.2. The molecular formula is C25H32F4N6O3S. The van der Waals surface area contributed by atoms with E-state index in [0.717, 1.165) is 32.0 Å². The molecule has 0 bridgehead atoms. The summed E-state index contributed by atoms with van der Waals surface area (Å²) < 4.78 is 79.6. The Hall–Kier alpha value is -3.00. The molecule has 0 aromatic carbocycles. The number of pyridine rings is 1. The van der Waals surface area contributed by atoms with Crippen LogP contribution in [0.1, 0.15) is 51.1 Å². The van der Waals surface area contributed by atoms with Crippen molar-refractivity contribution in [2.45, 2.75) is 64.3 Å². The van der Waals surface area contributed by atoms with Crippen LogP contribution in [0, 0.1) is 0 Å². The first-order valence-corrected chi connectivity index (χ1v) is 14.4. The number of allylic oxidation sites excluding steroid dienone is 3. The molecule has 0 saturated carbocycles. The van der Waals surface area contributed by atoms with E-state index in [1.165, 1.54) is 10.6 Å². The van der Waals surface area contributed by atoms with Gasteiger partial charge < -0.3 is 10.2 Å². The molecule has 2 aliphatic heterocycles. The largest absolute Gasteiger partial charge is 0.390 e. The van der Waals surface area contributed by atoms with Crippen LogP contribution in [0.15, 0.2) is 44.5 Å². The average molecular weight is 573 g/mol. The van der Waals surface area contributed by atoms with Crippen LogP contribution in [-0.2, 0) is 16.6 Å². The summed E-state index contributed by atoms with van der Waals surface area (Å²) in [6, 6.07) is 1.60. The summed E-state index contributed by atoms with van der Waals surface area (Å²) in [5.41, 5.74) is 0.656. The predicted molar refractivity (Wildman–Crippen MR) is 140 cm³/mol. The lowest BCUT2D eigenvalue weighted by Crippen LogP contribution is -2.49. The lowest BCUT2D eigenvalue weighted by Gasteiger charge is -2.30. The second kappa shape index (κ2) is 11.2. The Morgan fingerprint density at radius 3 is 2.49 bits per heavy atom.